The molecule has 0 atom stereocenters. The molecule has 0 spiro atoms. The van der Waals surface area contributed by atoms with Crippen molar-refractivity contribution in [3.8, 4) is 0 Å². The van der Waals surface area contributed by atoms with Gasteiger partial charge in [-0.2, -0.15) is 0 Å². The molecule has 0 saturated heterocycles. The smallest absolute Gasteiger partial charge is 0.174 e. The van der Waals surface area contributed by atoms with Gasteiger partial charge in [0.1, 0.15) is 0 Å². The summed E-state index contributed by atoms with van der Waals surface area (Å²) in [6, 6.07) is 10.5. The van der Waals surface area contributed by atoms with Crippen LogP contribution < -0.4 is 0 Å². The second kappa shape index (κ2) is 3.64. The van der Waals surface area contributed by atoms with Crippen LogP contribution in [-0.4, -0.2) is 14.5 Å². The first-order chi connectivity index (χ1) is 7.83. The first-order valence-corrected chi connectivity index (χ1v) is 5.54. The summed E-state index contributed by atoms with van der Waals surface area (Å²) in [7, 11) is 0. The number of nitrogens with one attached hydrogen (secondary N) is 2. The van der Waals surface area contributed by atoms with E-state index >= 15 is 0 Å². The molecule has 0 aliphatic rings. The summed E-state index contributed by atoms with van der Waals surface area (Å²) in [5, 5.41) is 1.26. The van der Waals surface area contributed by atoms with E-state index in [0.29, 0.717) is 4.77 Å². The molecule has 0 amide bonds. The molecule has 0 unspecified atom stereocenters. The molecular formula is C12H11N3S. The Bertz CT molecular complexity index is 674. The van der Waals surface area contributed by atoms with Crippen molar-refractivity contribution in [3.63, 3.8) is 0 Å². The van der Waals surface area contributed by atoms with Gasteiger partial charge >= 0.3 is 0 Å². The van der Waals surface area contributed by atoms with Crippen molar-refractivity contribution in [1.29, 1.82) is 0 Å². The van der Waals surface area contributed by atoms with Crippen LogP contribution in [0.1, 0.15) is 5.69 Å². The lowest BCUT2D eigenvalue weighted by Crippen LogP contribution is -1.97. The summed E-state index contributed by atoms with van der Waals surface area (Å²) >= 11 is 5.00. The Morgan fingerprint density at radius 1 is 1.19 bits per heavy atom. The number of hydrogen-bond donors (Lipinski definition) is 2. The van der Waals surface area contributed by atoms with Crippen LogP contribution in [0.5, 0.6) is 0 Å². The minimum absolute atomic E-state index is 0.673. The molecule has 3 aromatic rings. The number of benzene rings is 1. The highest BCUT2D eigenvalue weighted by atomic mass is 32.1. The van der Waals surface area contributed by atoms with Crippen LogP contribution in [0.25, 0.3) is 10.9 Å². The third-order valence-corrected chi connectivity index (χ3v) is 2.89. The third kappa shape index (κ3) is 1.57. The molecule has 3 nitrogen and oxygen atoms in total. The summed E-state index contributed by atoms with van der Waals surface area (Å²) in [6.45, 7) is 0.806. The molecule has 0 aliphatic carbocycles. The van der Waals surface area contributed by atoms with Gasteiger partial charge in [-0.3, -0.25) is 0 Å². The topological polar surface area (TPSA) is 36.5 Å². The summed E-state index contributed by atoms with van der Waals surface area (Å²) in [5.41, 5.74) is 2.33. The van der Waals surface area contributed by atoms with Crippen LogP contribution in [0.15, 0.2) is 42.7 Å². The van der Waals surface area contributed by atoms with Crippen molar-refractivity contribution in [2.75, 3.05) is 0 Å². The van der Waals surface area contributed by atoms with Crippen molar-refractivity contribution < 1.29 is 0 Å². The molecule has 0 saturated carbocycles. The molecule has 3 rings (SSSR count). The number of imidazole rings is 1. The van der Waals surface area contributed by atoms with E-state index in [2.05, 4.69) is 51.1 Å². The zero-order valence-electron chi connectivity index (χ0n) is 8.60. The van der Waals surface area contributed by atoms with Gasteiger partial charge in [0.05, 0.1) is 12.2 Å². The number of H-pyrrole nitrogens is 2. The van der Waals surface area contributed by atoms with E-state index in [0.717, 1.165) is 12.2 Å². The van der Waals surface area contributed by atoms with Gasteiger partial charge in [0.15, 0.2) is 4.77 Å². The minimum Gasteiger partial charge on any atom is -0.341 e. The number of fused-ring (bicyclic) bond motifs is 1. The molecule has 2 N–H and O–H groups in total. The largest absolute Gasteiger partial charge is 0.341 e. The van der Waals surface area contributed by atoms with Gasteiger partial charge in [-0.15, -0.1) is 0 Å². The molecule has 1 aromatic carbocycles. The lowest BCUT2D eigenvalue weighted by atomic mass is 10.2. The fraction of sp³-hybridized carbons (Fsp3) is 0.0833. The lowest BCUT2D eigenvalue weighted by molar-refractivity contribution is 0.813. The Morgan fingerprint density at radius 2 is 2.06 bits per heavy atom. The highest BCUT2D eigenvalue weighted by Gasteiger charge is 2.01. The highest BCUT2D eigenvalue weighted by molar-refractivity contribution is 7.71. The number of aromatic amines is 2. The predicted molar refractivity (Wildman–Crippen MR) is 67.0 cm³/mol. The first kappa shape index (κ1) is 9.42. The van der Waals surface area contributed by atoms with Crippen LogP contribution in [0.2, 0.25) is 0 Å². The molecule has 2 aromatic heterocycles. The number of aromatic nitrogens is 3. The lowest BCUT2D eigenvalue weighted by Gasteiger charge is -2.02. The van der Waals surface area contributed by atoms with Crippen LogP contribution in [0, 0.1) is 4.77 Å². The van der Waals surface area contributed by atoms with Gasteiger partial charge in [-0.05, 0) is 29.7 Å². The summed E-state index contributed by atoms with van der Waals surface area (Å²) in [6.07, 6.45) is 4.01. The van der Waals surface area contributed by atoms with Crippen LogP contribution >= 0.6 is 12.2 Å². The normalized spacial score (nSPS) is 11.0. The second-order valence-corrected chi connectivity index (χ2v) is 4.18. The maximum absolute atomic E-state index is 5.00. The van der Waals surface area contributed by atoms with E-state index in [1.807, 2.05) is 6.20 Å². The number of rotatable bonds is 2. The Morgan fingerprint density at radius 3 is 2.88 bits per heavy atom. The Hall–Kier alpha value is -1.81. The third-order valence-electron chi connectivity index (χ3n) is 2.67. The zero-order valence-corrected chi connectivity index (χ0v) is 9.42. The fourth-order valence-corrected chi connectivity index (χ4v) is 2.11. The minimum atomic E-state index is 0.673. The maximum atomic E-state index is 5.00. The van der Waals surface area contributed by atoms with Crippen LogP contribution in [0.4, 0.5) is 0 Å². The molecule has 0 radical (unpaired) electrons. The SMILES string of the molecule is S=c1[nH]cc(Cn2ccc3ccccc32)[nH]1. The van der Waals surface area contributed by atoms with E-state index in [4.69, 9.17) is 12.2 Å². The molecule has 0 fully saturated rings. The molecular weight excluding hydrogens is 218 g/mol. The zero-order chi connectivity index (χ0) is 11.0. The maximum Gasteiger partial charge on any atom is 0.174 e. The molecule has 0 aliphatic heterocycles. The van der Waals surface area contributed by atoms with Crippen LogP contribution in [0.3, 0.4) is 0 Å². The monoisotopic (exact) mass is 229 g/mol. The standard InChI is InChI=1S/C12H11N3S/c16-12-13-7-10(14-12)8-15-6-5-9-3-1-2-4-11(9)15/h1-7H,8H2,(H2,13,14,16). The van der Waals surface area contributed by atoms with E-state index in [1.54, 1.807) is 0 Å². The predicted octanol–water partition coefficient (Wildman–Crippen LogP) is 3.08. The summed E-state index contributed by atoms with van der Waals surface area (Å²) in [4.78, 5) is 6.09. The Kier molecular flexibility index (Phi) is 2.15. The summed E-state index contributed by atoms with van der Waals surface area (Å²) in [5.74, 6) is 0. The molecule has 80 valence electrons. The first-order valence-electron chi connectivity index (χ1n) is 5.13. The Labute approximate surface area is 97.7 Å². The van der Waals surface area contributed by atoms with Crippen molar-refractivity contribution >= 4 is 23.1 Å². The van der Waals surface area contributed by atoms with Crippen molar-refractivity contribution in [2.45, 2.75) is 6.54 Å². The van der Waals surface area contributed by atoms with E-state index in [9.17, 15) is 0 Å². The van der Waals surface area contributed by atoms with Gasteiger partial charge < -0.3 is 14.5 Å². The Balaban J connectivity index is 2.03. The van der Waals surface area contributed by atoms with Gasteiger partial charge in [-0.25, -0.2) is 0 Å². The highest BCUT2D eigenvalue weighted by Crippen LogP contribution is 2.15. The van der Waals surface area contributed by atoms with Gasteiger partial charge in [0, 0.05) is 17.9 Å². The average Bonchev–Trinajstić information content (AvgIpc) is 2.87. The van der Waals surface area contributed by atoms with Crippen LogP contribution in [-0.2, 0) is 6.54 Å². The average molecular weight is 229 g/mol. The van der Waals surface area contributed by atoms with E-state index in [1.165, 1.54) is 10.9 Å². The molecule has 4 heteroatoms. The molecule has 0 bridgehead atoms. The van der Waals surface area contributed by atoms with Gasteiger partial charge in [0.2, 0.25) is 0 Å². The van der Waals surface area contributed by atoms with Crippen molar-refractivity contribution in [1.82, 2.24) is 14.5 Å². The van der Waals surface area contributed by atoms with Crippen molar-refractivity contribution in [3.05, 3.63) is 53.2 Å². The quantitative estimate of drug-likeness (QED) is 0.651. The second-order valence-electron chi connectivity index (χ2n) is 3.77. The number of para-hydroxylation sites is 1. The number of nitrogens with zero attached hydrogens (tertiary/aromatic N) is 1. The summed E-state index contributed by atoms with van der Waals surface area (Å²) < 4.78 is 2.87. The fourth-order valence-electron chi connectivity index (χ4n) is 1.92. The molecule has 16 heavy (non-hydrogen) atoms. The van der Waals surface area contributed by atoms with Gasteiger partial charge in [0.25, 0.3) is 0 Å². The molecule has 2 heterocycles. The van der Waals surface area contributed by atoms with E-state index < -0.39 is 0 Å². The van der Waals surface area contributed by atoms with E-state index in [-0.39, 0.29) is 0 Å². The van der Waals surface area contributed by atoms with Gasteiger partial charge in [-0.1, -0.05) is 18.2 Å². The number of hydrogen-bond acceptors (Lipinski definition) is 1. The van der Waals surface area contributed by atoms with Crippen molar-refractivity contribution in [2.24, 2.45) is 0 Å².